The van der Waals surface area contributed by atoms with Crippen LogP contribution in [0.1, 0.15) is 27.9 Å². The maximum atomic E-state index is 12.3. The van der Waals surface area contributed by atoms with Crippen molar-refractivity contribution < 1.29 is 4.79 Å². The minimum absolute atomic E-state index is 0.156. The Labute approximate surface area is 122 Å². The summed E-state index contributed by atoms with van der Waals surface area (Å²) in [5, 5.41) is 3.03. The molecule has 1 aromatic carbocycles. The van der Waals surface area contributed by atoms with Crippen molar-refractivity contribution in [2.45, 2.75) is 6.04 Å². The van der Waals surface area contributed by atoms with Crippen LogP contribution in [0.5, 0.6) is 0 Å². The lowest BCUT2D eigenvalue weighted by Gasteiger charge is -2.18. The quantitative estimate of drug-likeness (QED) is 0.770. The highest BCUT2D eigenvalue weighted by Crippen LogP contribution is 2.20. The average molecular weight is 280 g/mol. The molecule has 0 bridgehead atoms. The number of aromatic nitrogens is 3. The largest absolute Gasteiger partial charge is 0.357 e. The number of hydrogen-bond donors (Lipinski definition) is 2. The van der Waals surface area contributed by atoms with E-state index in [0.717, 1.165) is 11.4 Å². The molecule has 1 unspecified atom stereocenters. The number of aromatic amines is 1. The van der Waals surface area contributed by atoms with Crippen LogP contribution in [0.2, 0.25) is 0 Å². The summed E-state index contributed by atoms with van der Waals surface area (Å²) in [4.78, 5) is 19.6. The Morgan fingerprint density at radius 3 is 2.67 bits per heavy atom. The first-order valence-corrected chi connectivity index (χ1v) is 6.72. The summed E-state index contributed by atoms with van der Waals surface area (Å²) >= 11 is 0. The second kappa shape index (κ2) is 5.66. The summed E-state index contributed by atoms with van der Waals surface area (Å²) in [7, 11) is 1.92. The lowest BCUT2D eigenvalue weighted by atomic mass is 10.1. The van der Waals surface area contributed by atoms with Crippen LogP contribution < -0.4 is 5.32 Å². The fourth-order valence-electron chi connectivity index (χ4n) is 2.28. The summed E-state index contributed by atoms with van der Waals surface area (Å²) in [6.07, 6.45) is 5.32. The van der Waals surface area contributed by atoms with Crippen LogP contribution in [0, 0.1) is 0 Å². The number of imidazole rings is 1. The van der Waals surface area contributed by atoms with Gasteiger partial charge in [-0.25, -0.2) is 4.98 Å². The van der Waals surface area contributed by atoms with Crippen LogP contribution in [-0.4, -0.2) is 20.4 Å². The fourth-order valence-corrected chi connectivity index (χ4v) is 2.28. The Balaban J connectivity index is 1.94. The van der Waals surface area contributed by atoms with Gasteiger partial charge in [-0.15, -0.1) is 0 Å². The van der Waals surface area contributed by atoms with E-state index in [1.54, 1.807) is 24.5 Å². The molecule has 1 amide bonds. The monoisotopic (exact) mass is 280 g/mol. The maximum absolute atomic E-state index is 12.3. The third kappa shape index (κ3) is 2.72. The zero-order valence-corrected chi connectivity index (χ0v) is 11.7. The highest BCUT2D eigenvalue weighted by Gasteiger charge is 2.21. The standard InChI is InChI=1S/C16H16N4O/c1-20-11-10-18-15(20)14(12-6-3-2-4-7-12)19-16(21)13-8-5-9-17-13/h2-11,14,17H,1H3,(H,19,21). The van der Waals surface area contributed by atoms with Crippen LogP contribution in [-0.2, 0) is 7.05 Å². The summed E-state index contributed by atoms with van der Waals surface area (Å²) in [5.41, 5.74) is 1.52. The maximum Gasteiger partial charge on any atom is 0.268 e. The minimum Gasteiger partial charge on any atom is -0.357 e. The van der Waals surface area contributed by atoms with E-state index in [1.165, 1.54) is 0 Å². The van der Waals surface area contributed by atoms with E-state index in [1.807, 2.05) is 48.1 Å². The van der Waals surface area contributed by atoms with Gasteiger partial charge in [0, 0.05) is 25.6 Å². The number of benzene rings is 1. The lowest BCUT2D eigenvalue weighted by Crippen LogP contribution is -2.31. The zero-order chi connectivity index (χ0) is 14.7. The van der Waals surface area contributed by atoms with E-state index >= 15 is 0 Å². The van der Waals surface area contributed by atoms with E-state index < -0.39 is 0 Å². The number of nitrogens with one attached hydrogen (secondary N) is 2. The molecule has 2 aromatic heterocycles. The van der Waals surface area contributed by atoms with Gasteiger partial charge in [-0.3, -0.25) is 4.79 Å². The van der Waals surface area contributed by atoms with Crippen molar-refractivity contribution in [3.8, 4) is 0 Å². The first kappa shape index (κ1) is 13.2. The Morgan fingerprint density at radius 1 is 1.24 bits per heavy atom. The summed E-state index contributed by atoms with van der Waals surface area (Å²) < 4.78 is 1.91. The molecule has 0 saturated carbocycles. The van der Waals surface area contributed by atoms with E-state index in [4.69, 9.17) is 0 Å². The number of carbonyl (C=O) groups excluding carboxylic acids is 1. The van der Waals surface area contributed by atoms with Gasteiger partial charge in [0.1, 0.15) is 17.6 Å². The Hall–Kier alpha value is -2.82. The van der Waals surface area contributed by atoms with E-state index in [-0.39, 0.29) is 11.9 Å². The van der Waals surface area contributed by atoms with Crippen LogP contribution in [0.15, 0.2) is 61.1 Å². The van der Waals surface area contributed by atoms with Crippen LogP contribution >= 0.6 is 0 Å². The molecule has 21 heavy (non-hydrogen) atoms. The van der Waals surface area contributed by atoms with Crippen LogP contribution in [0.4, 0.5) is 0 Å². The number of aryl methyl sites for hydroxylation is 1. The summed E-state index contributed by atoms with van der Waals surface area (Å²) in [5.74, 6) is 0.637. The molecule has 0 saturated heterocycles. The van der Waals surface area contributed by atoms with Gasteiger partial charge in [-0.2, -0.15) is 0 Å². The van der Waals surface area contributed by atoms with Crippen LogP contribution in [0.25, 0.3) is 0 Å². The highest BCUT2D eigenvalue weighted by molar-refractivity contribution is 5.92. The SMILES string of the molecule is Cn1ccnc1C(NC(=O)c1ccc[nH]1)c1ccccc1. The Morgan fingerprint density at radius 2 is 2.05 bits per heavy atom. The molecule has 3 aromatic rings. The topological polar surface area (TPSA) is 62.7 Å². The van der Waals surface area contributed by atoms with Crippen molar-refractivity contribution in [2.75, 3.05) is 0 Å². The minimum atomic E-state index is -0.290. The van der Waals surface area contributed by atoms with Gasteiger partial charge in [0.15, 0.2) is 0 Å². The lowest BCUT2D eigenvalue weighted by molar-refractivity contribution is 0.0936. The van der Waals surface area contributed by atoms with Crippen LogP contribution in [0.3, 0.4) is 0 Å². The molecule has 3 rings (SSSR count). The number of amides is 1. The Kier molecular flexibility index (Phi) is 3.55. The molecule has 2 N–H and O–H groups in total. The second-order valence-corrected chi connectivity index (χ2v) is 4.80. The number of carbonyl (C=O) groups is 1. The molecule has 0 aliphatic rings. The molecule has 0 aliphatic heterocycles. The smallest absolute Gasteiger partial charge is 0.268 e. The third-order valence-electron chi connectivity index (χ3n) is 3.37. The summed E-state index contributed by atoms with van der Waals surface area (Å²) in [6.45, 7) is 0. The average Bonchev–Trinajstić information content (AvgIpc) is 3.17. The zero-order valence-electron chi connectivity index (χ0n) is 11.7. The first-order valence-electron chi connectivity index (χ1n) is 6.72. The van der Waals surface area contributed by atoms with E-state index in [0.29, 0.717) is 5.69 Å². The van der Waals surface area contributed by atoms with E-state index in [2.05, 4.69) is 15.3 Å². The van der Waals surface area contributed by atoms with Gasteiger partial charge >= 0.3 is 0 Å². The van der Waals surface area contributed by atoms with Gasteiger partial charge in [0.05, 0.1) is 0 Å². The number of nitrogens with zero attached hydrogens (tertiary/aromatic N) is 2. The number of hydrogen-bond acceptors (Lipinski definition) is 2. The molecular weight excluding hydrogens is 264 g/mol. The van der Waals surface area contributed by atoms with E-state index in [9.17, 15) is 4.79 Å². The highest BCUT2D eigenvalue weighted by atomic mass is 16.1. The first-order chi connectivity index (χ1) is 10.3. The molecule has 2 heterocycles. The summed E-state index contributed by atoms with van der Waals surface area (Å²) in [6, 6.07) is 13.1. The molecule has 5 heteroatoms. The second-order valence-electron chi connectivity index (χ2n) is 4.80. The van der Waals surface area contributed by atoms with Crippen molar-refractivity contribution in [2.24, 2.45) is 7.05 Å². The van der Waals surface area contributed by atoms with Crippen molar-refractivity contribution in [3.63, 3.8) is 0 Å². The Bertz CT molecular complexity index is 716. The molecule has 1 atom stereocenters. The molecule has 0 aliphatic carbocycles. The molecule has 5 nitrogen and oxygen atoms in total. The third-order valence-corrected chi connectivity index (χ3v) is 3.37. The molecule has 0 fully saturated rings. The molecule has 0 spiro atoms. The van der Waals surface area contributed by atoms with Gasteiger partial charge in [-0.1, -0.05) is 30.3 Å². The molecule has 0 radical (unpaired) electrons. The normalized spacial score (nSPS) is 12.0. The molecule has 106 valence electrons. The van der Waals surface area contributed by atoms with Crippen molar-refractivity contribution in [1.29, 1.82) is 0 Å². The predicted octanol–water partition coefficient (Wildman–Crippen LogP) is 2.27. The van der Waals surface area contributed by atoms with Crippen molar-refractivity contribution in [3.05, 3.63) is 78.1 Å². The van der Waals surface area contributed by atoms with Gasteiger partial charge < -0.3 is 14.9 Å². The number of rotatable bonds is 4. The molecular formula is C16H16N4O. The van der Waals surface area contributed by atoms with Gasteiger partial charge in [-0.05, 0) is 17.7 Å². The number of H-pyrrole nitrogens is 1. The van der Waals surface area contributed by atoms with Gasteiger partial charge in [0.2, 0.25) is 0 Å². The fraction of sp³-hybridized carbons (Fsp3) is 0.125. The van der Waals surface area contributed by atoms with Gasteiger partial charge in [0.25, 0.3) is 5.91 Å². The van der Waals surface area contributed by atoms with Crippen molar-refractivity contribution >= 4 is 5.91 Å². The predicted molar refractivity (Wildman–Crippen MR) is 79.8 cm³/mol. The van der Waals surface area contributed by atoms with Crippen molar-refractivity contribution in [1.82, 2.24) is 19.9 Å².